The SMILES string of the molecule is Cc1cc(CN(C)CC(=O)Nc2cccc(N)c2C)no1. The van der Waals surface area contributed by atoms with E-state index in [1.165, 1.54) is 0 Å². The van der Waals surface area contributed by atoms with E-state index in [2.05, 4.69) is 10.5 Å². The van der Waals surface area contributed by atoms with Crippen molar-refractivity contribution < 1.29 is 9.32 Å². The Balaban J connectivity index is 1.90. The van der Waals surface area contributed by atoms with E-state index in [-0.39, 0.29) is 12.5 Å². The average Bonchev–Trinajstić information content (AvgIpc) is 2.80. The Morgan fingerprint density at radius 3 is 2.86 bits per heavy atom. The Bertz CT molecular complexity index is 636. The van der Waals surface area contributed by atoms with Crippen LogP contribution in [-0.4, -0.2) is 29.6 Å². The number of aromatic nitrogens is 1. The molecule has 0 spiro atoms. The van der Waals surface area contributed by atoms with E-state index in [0.29, 0.717) is 12.2 Å². The van der Waals surface area contributed by atoms with Crippen molar-refractivity contribution in [1.29, 1.82) is 0 Å². The minimum Gasteiger partial charge on any atom is -0.398 e. The van der Waals surface area contributed by atoms with Crippen LogP contribution in [-0.2, 0) is 11.3 Å². The van der Waals surface area contributed by atoms with E-state index in [1.54, 1.807) is 0 Å². The molecule has 0 fully saturated rings. The van der Waals surface area contributed by atoms with Gasteiger partial charge in [-0.2, -0.15) is 0 Å². The number of carbonyl (C=O) groups is 1. The lowest BCUT2D eigenvalue weighted by Gasteiger charge is -2.15. The molecule has 0 bridgehead atoms. The van der Waals surface area contributed by atoms with Gasteiger partial charge in [0.15, 0.2) is 0 Å². The highest BCUT2D eigenvalue weighted by Crippen LogP contribution is 2.20. The summed E-state index contributed by atoms with van der Waals surface area (Å²) in [6.07, 6.45) is 0. The van der Waals surface area contributed by atoms with Crippen LogP contribution in [0.5, 0.6) is 0 Å². The van der Waals surface area contributed by atoms with Gasteiger partial charge >= 0.3 is 0 Å². The molecule has 0 unspecified atom stereocenters. The van der Waals surface area contributed by atoms with Crippen molar-refractivity contribution in [2.24, 2.45) is 0 Å². The molecule has 1 amide bonds. The predicted octanol–water partition coefficient (Wildman–Crippen LogP) is 1.94. The van der Waals surface area contributed by atoms with Crippen molar-refractivity contribution in [3.05, 3.63) is 41.3 Å². The van der Waals surface area contributed by atoms with E-state index in [1.807, 2.05) is 50.1 Å². The predicted molar refractivity (Wildman–Crippen MR) is 81.8 cm³/mol. The number of likely N-dealkylation sites (N-methyl/N-ethyl adjacent to an activating group) is 1. The molecule has 2 rings (SSSR count). The maximum Gasteiger partial charge on any atom is 0.238 e. The van der Waals surface area contributed by atoms with Crippen LogP contribution in [0.25, 0.3) is 0 Å². The molecule has 21 heavy (non-hydrogen) atoms. The minimum atomic E-state index is -0.0913. The zero-order valence-electron chi connectivity index (χ0n) is 12.5. The molecule has 0 radical (unpaired) electrons. The Morgan fingerprint density at radius 2 is 2.19 bits per heavy atom. The number of amides is 1. The Labute approximate surface area is 123 Å². The number of carbonyl (C=O) groups excluding carboxylic acids is 1. The van der Waals surface area contributed by atoms with Crippen molar-refractivity contribution in [1.82, 2.24) is 10.1 Å². The summed E-state index contributed by atoms with van der Waals surface area (Å²) in [4.78, 5) is 13.9. The number of rotatable bonds is 5. The van der Waals surface area contributed by atoms with Crippen LogP contribution < -0.4 is 11.1 Å². The van der Waals surface area contributed by atoms with E-state index in [9.17, 15) is 4.79 Å². The summed E-state index contributed by atoms with van der Waals surface area (Å²) in [6.45, 7) is 4.54. The first-order valence-electron chi connectivity index (χ1n) is 6.71. The second-order valence-corrected chi connectivity index (χ2v) is 5.17. The number of nitrogens with one attached hydrogen (secondary N) is 1. The van der Waals surface area contributed by atoms with Crippen LogP contribution in [0.2, 0.25) is 0 Å². The van der Waals surface area contributed by atoms with E-state index >= 15 is 0 Å². The normalized spacial score (nSPS) is 10.9. The molecule has 0 saturated carbocycles. The van der Waals surface area contributed by atoms with E-state index in [4.69, 9.17) is 10.3 Å². The number of nitrogen functional groups attached to an aromatic ring is 1. The summed E-state index contributed by atoms with van der Waals surface area (Å²) >= 11 is 0. The van der Waals surface area contributed by atoms with Crippen molar-refractivity contribution in [3.63, 3.8) is 0 Å². The number of nitrogens with zero attached hydrogens (tertiary/aromatic N) is 2. The Hall–Kier alpha value is -2.34. The largest absolute Gasteiger partial charge is 0.398 e. The van der Waals surface area contributed by atoms with Crippen LogP contribution in [0.15, 0.2) is 28.8 Å². The first kappa shape index (κ1) is 15.1. The van der Waals surface area contributed by atoms with Crippen molar-refractivity contribution in [3.8, 4) is 0 Å². The third-order valence-electron chi connectivity index (χ3n) is 3.17. The monoisotopic (exact) mass is 288 g/mol. The Kier molecular flexibility index (Phi) is 4.59. The second kappa shape index (κ2) is 6.41. The third-order valence-corrected chi connectivity index (χ3v) is 3.17. The molecule has 1 aromatic heterocycles. The molecule has 0 aliphatic rings. The molecule has 0 atom stereocenters. The van der Waals surface area contributed by atoms with Gasteiger partial charge in [-0.05, 0) is 38.6 Å². The van der Waals surface area contributed by atoms with Gasteiger partial charge in [-0.15, -0.1) is 0 Å². The van der Waals surface area contributed by atoms with Crippen LogP contribution in [0.1, 0.15) is 17.0 Å². The first-order valence-corrected chi connectivity index (χ1v) is 6.71. The molecular weight excluding hydrogens is 268 g/mol. The topological polar surface area (TPSA) is 84.4 Å². The van der Waals surface area contributed by atoms with Crippen molar-refractivity contribution >= 4 is 17.3 Å². The quantitative estimate of drug-likeness (QED) is 0.821. The first-order chi connectivity index (χ1) is 9.95. The molecule has 0 saturated heterocycles. The van der Waals surface area contributed by atoms with Gasteiger partial charge in [0.25, 0.3) is 0 Å². The smallest absolute Gasteiger partial charge is 0.238 e. The number of nitrogens with two attached hydrogens (primary N) is 1. The number of aryl methyl sites for hydroxylation is 1. The van der Waals surface area contributed by atoms with Crippen LogP contribution in [0, 0.1) is 13.8 Å². The standard InChI is InChI=1S/C15H20N4O2/c1-10-7-12(18-21-10)8-19(3)9-15(20)17-14-6-4-5-13(16)11(14)2/h4-7H,8-9,16H2,1-3H3,(H,17,20). The molecule has 0 aliphatic carbocycles. The van der Waals surface area contributed by atoms with Crippen LogP contribution >= 0.6 is 0 Å². The van der Waals surface area contributed by atoms with E-state index in [0.717, 1.165) is 22.7 Å². The zero-order valence-corrected chi connectivity index (χ0v) is 12.5. The molecule has 2 aromatic rings. The minimum absolute atomic E-state index is 0.0913. The fraction of sp³-hybridized carbons (Fsp3) is 0.333. The highest BCUT2D eigenvalue weighted by atomic mass is 16.5. The van der Waals surface area contributed by atoms with Gasteiger partial charge < -0.3 is 15.6 Å². The second-order valence-electron chi connectivity index (χ2n) is 5.17. The maximum atomic E-state index is 12.0. The van der Waals surface area contributed by atoms with E-state index < -0.39 is 0 Å². The summed E-state index contributed by atoms with van der Waals surface area (Å²) in [6, 6.07) is 7.32. The lowest BCUT2D eigenvalue weighted by molar-refractivity contribution is -0.117. The molecule has 6 nitrogen and oxygen atoms in total. The van der Waals surface area contributed by atoms with Gasteiger partial charge in [-0.3, -0.25) is 9.69 Å². The Morgan fingerprint density at radius 1 is 1.43 bits per heavy atom. The van der Waals surface area contributed by atoms with Gasteiger partial charge in [0, 0.05) is 24.0 Å². The number of hydrogen-bond donors (Lipinski definition) is 2. The van der Waals surface area contributed by atoms with Crippen molar-refractivity contribution in [2.45, 2.75) is 20.4 Å². The third kappa shape index (κ3) is 4.06. The summed E-state index contributed by atoms with van der Waals surface area (Å²) in [7, 11) is 1.86. The number of anilines is 2. The molecule has 1 aromatic carbocycles. The zero-order chi connectivity index (χ0) is 15.4. The van der Waals surface area contributed by atoms with Crippen molar-refractivity contribution in [2.75, 3.05) is 24.6 Å². The maximum absolute atomic E-state index is 12.0. The lowest BCUT2D eigenvalue weighted by Crippen LogP contribution is -2.30. The highest BCUT2D eigenvalue weighted by molar-refractivity contribution is 5.93. The molecule has 112 valence electrons. The molecular formula is C15H20N4O2. The van der Waals surface area contributed by atoms with Gasteiger partial charge in [0.1, 0.15) is 5.76 Å². The average molecular weight is 288 g/mol. The summed E-state index contributed by atoms with van der Waals surface area (Å²) in [5.74, 6) is 0.671. The molecule has 1 heterocycles. The molecule has 6 heteroatoms. The molecule has 3 N–H and O–H groups in total. The van der Waals surface area contributed by atoms with Crippen LogP contribution in [0.3, 0.4) is 0 Å². The highest BCUT2D eigenvalue weighted by Gasteiger charge is 2.11. The summed E-state index contributed by atoms with van der Waals surface area (Å²) in [5, 5.41) is 6.78. The van der Waals surface area contributed by atoms with Gasteiger partial charge in [0.05, 0.1) is 12.2 Å². The number of hydrogen-bond acceptors (Lipinski definition) is 5. The van der Waals surface area contributed by atoms with Gasteiger partial charge in [0.2, 0.25) is 5.91 Å². The fourth-order valence-corrected chi connectivity index (χ4v) is 2.05. The summed E-state index contributed by atoms with van der Waals surface area (Å²) in [5.41, 5.74) is 8.91. The fourth-order valence-electron chi connectivity index (χ4n) is 2.05. The van der Waals surface area contributed by atoms with Crippen LogP contribution in [0.4, 0.5) is 11.4 Å². The van der Waals surface area contributed by atoms with Gasteiger partial charge in [-0.25, -0.2) is 0 Å². The van der Waals surface area contributed by atoms with Gasteiger partial charge in [-0.1, -0.05) is 11.2 Å². The lowest BCUT2D eigenvalue weighted by atomic mass is 10.1. The molecule has 0 aliphatic heterocycles. The summed E-state index contributed by atoms with van der Waals surface area (Å²) < 4.78 is 5.00. The number of benzene rings is 1.